The monoisotopic (exact) mass is 333 g/mol. The second-order valence-electron chi connectivity index (χ2n) is 5.15. The summed E-state index contributed by atoms with van der Waals surface area (Å²) in [7, 11) is -3.57. The summed E-state index contributed by atoms with van der Waals surface area (Å²) in [6.07, 6.45) is 1.77. The lowest BCUT2D eigenvalue weighted by atomic mass is 10.0. The molecule has 2 atom stereocenters. The quantitative estimate of drug-likeness (QED) is 0.766. The molecule has 0 aromatic heterocycles. The number of halogens is 1. The topological polar surface area (TPSA) is 83.5 Å². The normalized spacial score (nSPS) is 14.6. The molecule has 0 saturated carbocycles. The van der Waals surface area contributed by atoms with E-state index in [0.29, 0.717) is 24.3 Å². The van der Waals surface area contributed by atoms with Crippen LogP contribution in [0, 0.1) is 5.92 Å². The number of sulfonamides is 1. The van der Waals surface area contributed by atoms with E-state index in [1.165, 1.54) is 24.3 Å². The molecule has 0 fully saturated rings. The number of nitrogens with one attached hydrogen (secondary N) is 1. The molecule has 0 aliphatic heterocycles. The number of aliphatic carboxylic acids is 1. The fourth-order valence-corrected chi connectivity index (χ4v) is 3.26. The van der Waals surface area contributed by atoms with Crippen LogP contribution in [0.2, 0.25) is 5.02 Å². The molecule has 0 aliphatic carbocycles. The van der Waals surface area contributed by atoms with Gasteiger partial charge in [-0.05, 0) is 44.0 Å². The van der Waals surface area contributed by atoms with Crippen molar-refractivity contribution < 1.29 is 18.3 Å². The van der Waals surface area contributed by atoms with Crippen molar-refractivity contribution in [3.05, 3.63) is 29.3 Å². The number of benzene rings is 1. The maximum atomic E-state index is 12.1. The highest BCUT2D eigenvalue weighted by Gasteiger charge is 2.18. The van der Waals surface area contributed by atoms with Crippen molar-refractivity contribution in [2.45, 2.75) is 44.0 Å². The first-order chi connectivity index (χ1) is 9.72. The van der Waals surface area contributed by atoms with E-state index in [4.69, 9.17) is 16.7 Å². The van der Waals surface area contributed by atoms with Crippen LogP contribution in [0.3, 0.4) is 0 Å². The van der Waals surface area contributed by atoms with Crippen molar-refractivity contribution in [1.29, 1.82) is 0 Å². The number of rotatable bonds is 8. The summed E-state index contributed by atoms with van der Waals surface area (Å²) in [5.74, 6) is -1.24. The molecular formula is C14H20ClNO4S. The summed E-state index contributed by atoms with van der Waals surface area (Å²) in [5, 5.41) is 9.26. The van der Waals surface area contributed by atoms with E-state index < -0.39 is 21.9 Å². The number of carboxylic acids is 1. The molecule has 0 heterocycles. The standard InChI is InChI=1S/C14H20ClNO4S/c1-10(14(17)18)4-3-5-11(2)16-21(19,20)13-8-6-12(15)7-9-13/h6-11,16H,3-5H2,1-2H3,(H,17,18). The van der Waals surface area contributed by atoms with E-state index in [2.05, 4.69) is 4.72 Å². The average molecular weight is 334 g/mol. The van der Waals surface area contributed by atoms with Gasteiger partial charge < -0.3 is 5.11 Å². The predicted octanol–water partition coefficient (Wildman–Crippen LogP) is 2.90. The molecule has 0 radical (unpaired) electrons. The van der Waals surface area contributed by atoms with Crippen molar-refractivity contribution >= 4 is 27.6 Å². The first-order valence-corrected chi connectivity index (χ1v) is 8.59. The zero-order valence-electron chi connectivity index (χ0n) is 12.0. The molecule has 2 unspecified atom stereocenters. The Kier molecular flexibility index (Phi) is 6.64. The zero-order valence-corrected chi connectivity index (χ0v) is 13.6. The minimum Gasteiger partial charge on any atom is -0.481 e. The lowest BCUT2D eigenvalue weighted by molar-refractivity contribution is -0.141. The van der Waals surface area contributed by atoms with Crippen molar-refractivity contribution in [3.63, 3.8) is 0 Å². The predicted molar refractivity (Wildman–Crippen MR) is 81.9 cm³/mol. The van der Waals surface area contributed by atoms with Crippen LogP contribution >= 0.6 is 11.6 Å². The average Bonchev–Trinajstić information content (AvgIpc) is 2.38. The molecule has 1 aromatic carbocycles. The molecule has 1 rings (SSSR count). The van der Waals surface area contributed by atoms with Crippen LogP contribution in [-0.4, -0.2) is 25.5 Å². The van der Waals surface area contributed by atoms with Crippen molar-refractivity contribution in [3.8, 4) is 0 Å². The van der Waals surface area contributed by atoms with Gasteiger partial charge in [0, 0.05) is 11.1 Å². The molecule has 0 aliphatic rings. The first-order valence-electron chi connectivity index (χ1n) is 6.73. The second-order valence-corrected chi connectivity index (χ2v) is 7.30. The molecule has 0 saturated heterocycles. The Bertz CT molecular complexity index is 571. The molecule has 0 spiro atoms. The largest absolute Gasteiger partial charge is 0.481 e. The van der Waals surface area contributed by atoms with Gasteiger partial charge in [-0.2, -0.15) is 0 Å². The molecule has 0 bridgehead atoms. The molecule has 1 aromatic rings. The summed E-state index contributed by atoms with van der Waals surface area (Å²) in [6.45, 7) is 3.41. The minimum atomic E-state index is -3.57. The molecule has 118 valence electrons. The SMILES string of the molecule is CC(CCCC(C)C(=O)O)NS(=O)(=O)c1ccc(Cl)cc1. The van der Waals surface area contributed by atoms with Crippen LogP contribution in [-0.2, 0) is 14.8 Å². The number of carbonyl (C=O) groups is 1. The molecule has 0 amide bonds. The van der Waals surface area contributed by atoms with Gasteiger partial charge in [-0.25, -0.2) is 13.1 Å². The van der Waals surface area contributed by atoms with E-state index in [0.717, 1.165) is 0 Å². The van der Waals surface area contributed by atoms with Crippen LogP contribution in [0.25, 0.3) is 0 Å². The Hall–Kier alpha value is -1.11. The molecule has 7 heteroatoms. The Morgan fingerprint density at radius 2 is 1.81 bits per heavy atom. The highest BCUT2D eigenvalue weighted by molar-refractivity contribution is 7.89. The summed E-state index contributed by atoms with van der Waals surface area (Å²) in [5.41, 5.74) is 0. The van der Waals surface area contributed by atoms with Gasteiger partial charge in [-0.3, -0.25) is 4.79 Å². The number of hydrogen-bond donors (Lipinski definition) is 2. The number of carboxylic acid groups (broad SMARTS) is 1. The Labute approximate surface area is 130 Å². The van der Waals surface area contributed by atoms with Gasteiger partial charge in [0.05, 0.1) is 10.8 Å². The lowest BCUT2D eigenvalue weighted by Crippen LogP contribution is -2.32. The van der Waals surface area contributed by atoms with Crippen LogP contribution < -0.4 is 4.72 Å². The van der Waals surface area contributed by atoms with Crippen LogP contribution in [0.4, 0.5) is 0 Å². The maximum absolute atomic E-state index is 12.1. The van der Waals surface area contributed by atoms with Gasteiger partial charge in [0.2, 0.25) is 10.0 Å². The van der Waals surface area contributed by atoms with E-state index in [1.54, 1.807) is 13.8 Å². The highest BCUT2D eigenvalue weighted by Crippen LogP contribution is 2.15. The van der Waals surface area contributed by atoms with E-state index in [-0.39, 0.29) is 10.9 Å². The van der Waals surface area contributed by atoms with Gasteiger partial charge >= 0.3 is 5.97 Å². The maximum Gasteiger partial charge on any atom is 0.306 e. The Balaban J connectivity index is 2.51. The van der Waals surface area contributed by atoms with Gasteiger partial charge in [-0.15, -0.1) is 0 Å². The van der Waals surface area contributed by atoms with Crippen molar-refractivity contribution in [2.24, 2.45) is 5.92 Å². The van der Waals surface area contributed by atoms with Crippen LogP contribution in [0.5, 0.6) is 0 Å². The van der Waals surface area contributed by atoms with E-state index in [1.807, 2.05) is 0 Å². The highest BCUT2D eigenvalue weighted by atomic mass is 35.5. The van der Waals surface area contributed by atoms with Crippen molar-refractivity contribution in [1.82, 2.24) is 4.72 Å². The Morgan fingerprint density at radius 1 is 1.24 bits per heavy atom. The summed E-state index contributed by atoms with van der Waals surface area (Å²) < 4.78 is 26.8. The van der Waals surface area contributed by atoms with Crippen molar-refractivity contribution in [2.75, 3.05) is 0 Å². The van der Waals surface area contributed by atoms with Gasteiger partial charge in [0.25, 0.3) is 0 Å². The molecular weight excluding hydrogens is 314 g/mol. The second kappa shape index (κ2) is 7.77. The van der Waals surface area contributed by atoms with Crippen LogP contribution in [0.1, 0.15) is 33.1 Å². The first kappa shape index (κ1) is 17.9. The van der Waals surface area contributed by atoms with Gasteiger partial charge in [-0.1, -0.05) is 24.9 Å². The third kappa shape index (κ3) is 6.03. The zero-order chi connectivity index (χ0) is 16.0. The van der Waals surface area contributed by atoms with Gasteiger partial charge in [0.1, 0.15) is 0 Å². The van der Waals surface area contributed by atoms with Gasteiger partial charge in [0.15, 0.2) is 0 Å². The molecule has 2 N–H and O–H groups in total. The van der Waals surface area contributed by atoms with E-state index >= 15 is 0 Å². The fourth-order valence-electron chi connectivity index (χ4n) is 1.86. The molecule has 5 nitrogen and oxygen atoms in total. The van der Waals surface area contributed by atoms with Crippen LogP contribution in [0.15, 0.2) is 29.2 Å². The smallest absolute Gasteiger partial charge is 0.306 e. The summed E-state index contributed by atoms with van der Waals surface area (Å²) >= 11 is 5.73. The molecule has 21 heavy (non-hydrogen) atoms. The lowest BCUT2D eigenvalue weighted by Gasteiger charge is -2.15. The fraction of sp³-hybridized carbons (Fsp3) is 0.500. The number of hydrogen-bond acceptors (Lipinski definition) is 3. The summed E-state index contributed by atoms with van der Waals surface area (Å²) in [4.78, 5) is 10.9. The summed E-state index contributed by atoms with van der Waals surface area (Å²) in [6, 6.07) is 5.69. The third-order valence-corrected chi connectivity index (χ3v) is 5.03. The third-order valence-electron chi connectivity index (χ3n) is 3.18. The minimum absolute atomic E-state index is 0.164. The van der Waals surface area contributed by atoms with E-state index in [9.17, 15) is 13.2 Å². The Morgan fingerprint density at radius 3 is 2.33 bits per heavy atom.